The van der Waals surface area contributed by atoms with Gasteiger partial charge in [0.05, 0.1) is 6.33 Å². The Hall–Kier alpha value is -1.65. The van der Waals surface area contributed by atoms with E-state index >= 15 is 0 Å². The van der Waals surface area contributed by atoms with E-state index in [2.05, 4.69) is 32.2 Å². The smallest absolute Gasteiger partial charge is 0.162 e. The van der Waals surface area contributed by atoms with Gasteiger partial charge in [-0.25, -0.2) is 15.0 Å². The SMILES string of the molecule is CCCCCNc1ncnc2[nH]cnc12. The van der Waals surface area contributed by atoms with Crippen molar-refractivity contribution in [1.82, 2.24) is 19.9 Å². The second kappa shape index (κ2) is 4.72. The summed E-state index contributed by atoms with van der Waals surface area (Å²) in [5.74, 6) is 0.817. The fourth-order valence-electron chi connectivity index (χ4n) is 1.48. The van der Waals surface area contributed by atoms with Crippen molar-refractivity contribution < 1.29 is 0 Å². The summed E-state index contributed by atoms with van der Waals surface area (Å²) in [7, 11) is 0. The summed E-state index contributed by atoms with van der Waals surface area (Å²) >= 11 is 0. The van der Waals surface area contributed by atoms with Crippen LogP contribution in [0.4, 0.5) is 5.82 Å². The van der Waals surface area contributed by atoms with E-state index in [1.54, 1.807) is 12.7 Å². The number of hydrogen-bond acceptors (Lipinski definition) is 4. The van der Waals surface area contributed by atoms with Gasteiger partial charge in [0.25, 0.3) is 0 Å². The molecule has 0 spiro atoms. The van der Waals surface area contributed by atoms with Gasteiger partial charge in [-0.3, -0.25) is 0 Å². The number of nitrogens with zero attached hydrogens (tertiary/aromatic N) is 3. The van der Waals surface area contributed by atoms with Crippen LogP contribution in [0, 0.1) is 0 Å². The molecule has 2 aromatic heterocycles. The van der Waals surface area contributed by atoms with Crippen LogP contribution in [0.1, 0.15) is 26.2 Å². The molecule has 0 radical (unpaired) electrons. The zero-order chi connectivity index (χ0) is 10.5. The minimum absolute atomic E-state index is 0.781. The molecular weight excluding hydrogens is 190 g/mol. The first-order valence-corrected chi connectivity index (χ1v) is 5.29. The maximum Gasteiger partial charge on any atom is 0.162 e. The van der Waals surface area contributed by atoms with E-state index in [0.29, 0.717) is 0 Å². The highest BCUT2D eigenvalue weighted by atomic mass is 15.1. The maximum atomic E-state index is 4.17. The van der Waals surface area contributed by atoms with Gasteiger partial charge in [-0.15, -0.1) is 0 Å². The van der Waals surface area contributed by atoms with E-state index in [0.717, 1.165) is 29.9 Å². The van der Waals surface area contributed by atoms with Crippen LogP contribution in [-0.2, 0) is 0 Å². The molecule has 0 unspecified atom stereocenters. The average molecular weight is 205 g/mol. The van der Waals surface area contributed by atoms with Crippen LogP contribution in [0.3, 0.4) is 0 Å². The Bertz CT molecular complexity index is 422. The Kier molecular flexibility index (Phi) is 3.11. The molecule has 0 fully saturated rings. The van der Waals surface area contributed by atoms with Crippen molar-refractivity contribution in [3.05, 3.63) is 12.7 Å². The van der Waals surface area contributed by atoms with Gasteiger partial charge in [0, 0.05) is 6.54 Å². The number of fused-ring (bicyclic) bond motifs is 1. The van der Waals surface area contributed by atoms with Gasteiger partial charge < -0.3 is 10.3 Å². The van der Waals surface area contributed by atoms with E-state index in [9.17, 15) is 0 Å². The molecule has 15 heavy (non-hydrogen) atoms. The molecule has 2 aromatic rings. The zero-order valence-corrected chi connectivity index (χ0v) is 8.82. The number of aromatic nitrogens is 4. The predicted octanol–water partition coefficient (Wildman–Crippen LogP) is 1.95. The van der Waals surface area contributed by atoms with Crippen molar-refractivity contribution in [2.75, 3.05) is 11.9 Å². The van der Waals surface area contributed by atoms with Crippen molar-refractivity contribution in [2.24, 2.45) is 0 Å². The van der Waals surface area contributed by atoms with Gasteiger partial charge in [0.2, 0.25) is 0 Å². The summed E-state index contributed by atoms with van der Waals surface area (Å²) in [5, 5.41) is 3.27. The molecule has 2 rings (SSSR count). The van der Waals surface area contributed by atoms with Gasteiger partial charge in [-0.2, -0.15) is 0 Å². The molecule has 0 saturated carbocycles. The number of hydrogen-bond donors (Lipinski definition) is 2. The number of aromatic amines is 1. The summed E-state index contributed by atoms with van der Waals surface area (Å²) in [6, 6.07) is 0. The Morgan fingerprint density at radius 1 is 1.27 bits per heavy atom. The monoisotopic (exact) mass is 205 g/mol. The van der Waals surface area contributed by atoms with Crippen LogP contribution >= 0.6 is 0 Å². The van der Waals surface area contributed by atoms with Gasteiger partial charge in [-0.05, 0) is 6.42 Å². The Balaban J connectivity index is 2.04. The highest BCUT2D eigenvalue weighted by Crippen LogP contribution is 2.14. The Morgan fingerprint density at radius 3 is 3.07 bits per heavy atom. The lowest BCUT2D eigenvalue weighted by molar-refractivity contribution is 0.742. The Labute approximate surface area is 88.4 Å². The zero-order valence-electron chi connectivity index (χ0n) is 8.82. The van der Waals surface area contributed by atoms with Crippen LogP contribution in [-0.4, -0.2) is 26.5 Å². The van der Waals surface area contributed by atoms with E-state index in [1.165, 1.54) is 12.8 Å². The third kappa shape index (κ3) is 2.23. The van der Waals surface area contributed by atoms with Gasteiger partial charge in [0.15, 0.2) is 11.5 Å². The first kappa shape index (κ1) is 9.89. The number of H-pyrrole nitrogens is 1. The third-order valence-corrected chi connectivity index (χ3v) is 2.29. The summed E-state index contributed by atoms with van der Waals surface area (Å²) in [6.07, 6.45) is 6.80. The van der Waals surface area contributed by atoms with E-state index < -0.39 is 0 Å². The molecule has 0 saturated heterocycles. The molecule has 0 aliphatic rings. The van der Waals surface area contributed by atoms with E-state index in [4.69, 9.17) is 0 Å². The van der Waals surface area contributed by atoms with E-state index in [1.807, 2.05) is 0 Å². The molecule has 5 nitrogen and oxygen atoms in total. The summed E-state index contributed by atoms with van der Waals surface area (Å²) in [6.45, 7) is 3.13. The molecule has 2 heterocycles. The summed E-state index contributed by atoms with van der Waals surface area (Å²) in [4.78, 5) is 15.4. The van der Waals surface area contributed by atoms with Gasteiger partial charge in [-0.1, -0.05) is 19.8 Å². The summed E-state index contributed by atoms with van der Waals surface area (Å²) in [5.41, 5.74) is 1.59. The Morgan fingerprint density at radius 2 is 2.20 bits per heavy atom. The van der Waals surface area contributed by atoms with Crippen LogP contribution in [0.15, 0.2) is 12.7 Å². The lowest BCUT2D eigenvalue weighted by atomic mass is 10.2. The number of anilines is 1. The number of nitrogens with one attached hydrogen (secondary N) is 2. The topological polar surface area (TPSA) is 66.5 Å². The van der Waals surface area contributed by atoms with Crippen molar-refractivity contribution in [2.45, 2.75) is 26.2 Å². The van der Waals surface area contributed by atoms with Crippen molar-refractivity contribution in [1.29, 1.82) is 0 Å². The molecule has 0 aliphatic carbocycles. The molecular formula is C10H15N5. The molecule has 0 amide bonds. The van der Waals surface area contributed by atoms with Crippen LogP contribution in [0.25, 0.3) is 11.2 Å². The minimum atomic E-state index is 0.781. The predicted molar refractivity (Wildman–Crippen MR) is 59.7 cm³/mol. The first-order valence-electron chi connectivity index (χ1n) is 5.29. The minimum Gasteiger partial charge on any atom is -0.368 e. The highest BCUT2D eigenvalue weighted by molar-refractivity contribution is 5.81. The molecule has 2 N–H and O–H groups in total. The molecule has 80 valence electrons. The normalized spacial score (nSPS) is 10.7. The number of rotatable bonds is 5. The second-order valence-electron chi connectivity index (χ2n) is 3.46. The van der Waals surface area contributed by atoms with Crippen molar-refractivity contribution in [3.63, 3.8) is 0 Å². The third-order valence-electron chi connectivity index (χ3n) is 2.29. The fraction of sp³-hybridized carbons (Fsp3) is 0.500. The standard InChI is InChI=1S/C10H15N5/c1-2-3-4-5-11-9-8-10(13-6-12-8)15-7-14-9/h6-7H,2-5H2,1H3,(H2,11,12,13,14,15). The molecule has 0 aliphatic heterocycles. The largest absolute Gasteiger partial charge is 0.368 e. The highest BCUT2D eigenvalue weighted by Gasteiger charge is 2.04. The molecule has 0 bridgehead atoms. The summed E-state index contributed by atoms with van der Waals surface area (Å²) < 4.78 is 0. The lowest BCUT2D eigenvalue weighted by Crippen LogP contribution is -2.04. The first-order chi connectivity index (χ1) is 7.42. The van der Waals surface area contributed by atoms with Crippen LogP contribution in [0.2, 0.25) is 0 Å². The fourth-order valence-corrected chi connectivity index (χ4v) is 1.48. The molecule has 5 heteroatoms. The van der Waals surface area contributed by atoms with Crippen LogP contribution in [0.5, 0.6) is 0 Å². The van der Waals surface area contributed by atoms with Crippen molar-refractivity contribution >= 4 is 17.0 Å². The van der Waals surface area contributed by atoms with Gasteiger partial charge in [0.1, 0.15) is 11.8 Å². The van der Waals surface area contributed by atoms with Crippen LogP contribution < -0.4 is 5.32 Å². The average Bonchev–Trinajstić information content (AvgIpc) is 2.73. The number of unbranched alkanes of at least 4 members (excludes halogenated alkanes) is 2. The number of imidazole rings is 1. The quantitative estimate of drug-likeness (QED) is 0.732. The molecule has 0 aromatic carbocycles. The second-order valence-corrected chi connectivity index (χ2v) is 3.46. The van der Waals surface area contributed by atoms with Crippen molar-refractivity contribution in [3.8, 4) is 0 Å². The lowest BCUT2D eigenvalue weighted by Gasteiger charge is -2.04. The maximum absolute atomic E-state index is 4.17. The van der Waals surface area contributed by atoms with Gasteiger partial charge >= 0.3 is 0 Å². The van der Waals surface area contributed by atoms with E-state index in [-0.39, 0.29) is 0 Å². The molecule has 0 atom stereocenters.